The van der Waals surface area contributed by atoms with Gasteiger partial charge in [-0.25, -0.2) is 4.98 Å². The summed E-state index contributed by atoms with van der Waals surface area (Å²) >= 11 is 0. The summed E-state index contributed by atoms with van der Waals surface area (Å²) in [6.45, 7) is -0.242. The van der Waals surface area contributed by atoms with E-state index in [-0.39, 0.29) is 24.0 Å². The molecule has 1 aromatic carbocycles. The lowest BCUT2D eigenvalue weighted by Gasteiger charge is -2.09. The molecule has 0 saturated carbocycles. The molecule has 104 valence electrons. The molecule has 1 heterocycles. The van der Waals surface area contributed by atoms with Crippen LogP contribution in [0.1, 0.15) is 5.56 Å². The lowest BCUT2D eigenvalue weighted by molar-refractivity contribution is -0.385. The van der Waals surface area contributed by atoms with Crippen molar-refractivity contribution in [2.75, 3.05) is 12.4 Å². The highest BCUT2D eigenvalue weighted by atomic mass is 16.6. The van der Waals surface area contributed by atoms with Crippen LogP contribution in [0.3, 0.4) is 0 Å². The molecule has 1 aromatic heterocycles. The van der Waals surface area contributed by atoms with Crippen molar-refractivity contribution in [3.63, 3.8) is 0 Å². The Balaban J connectivity index is 2.46. The van der Waals surface area contributed by atoms with Crippen LogP contribution in [-0.2, 0) is 6.61 Å². The summed E-state index contributed by atoms with van der Waals surface area (Å²) in [6.07, 6.45) is 1.16. The Morgan fingerprint density at radius 3 is 2.80 bits per heavy atom. The zero-order valence-electron chi connectivity index (χ0n) is 10.6. The van der Waals surface area contributed by atoms with Crippen molar-refractivity contribution in [1.82, 2.24) is 9.97 Å². The second-order valence-electron chi connectivity index (χ2n) is 3.75. The van der Waals surface area contributed by atoms with Crippen molar-refractivity contribution in [1.29, 1.82) is 0 Å². The smallest absolute Gasteiger partial charge is 0.373 e. The number of aliphatic hydroxyl groups is 1. The monoisotopic (exact) mass is 276 g/mol. The van der Waals surface area contributed by atoms with E-state index in [1.807, 2.05) is 0 Å². The minimum atomic E-state index is -0.622. The topological polar surface area (TPSA) is 110 Å². The molecule has 20 heavy (non-hydrogen) atoms. The molecule has 0 radical (unpaired) electrons. The Hall–Kier alpha value is -2.74. The van der Waals surface area contributed by atoms with Gasteiger partial charge in [0, 0.05) is 12.6 Å². The van der Waals surface area contributed by atoms with Gasteiger partial charge in [0.2, 0.25) is 5.82 Å². The van der Waals surface area contributed by atoms with Gasteiger partial charge in [-0.1, -0.05) is 18.2 Å². The van der Waals surface area contributed by atoms with Gasteiger partial charge in [-0.05, 0) is 6.07 Å². The summed E-state index contributed by atoms with van der Waals surface area (Å²) in [7, 11) is 1.51. The highest BCUT2D eigenvalue weighted by molar-refractivity contribution is 5.61. The molecule has 8 nitrogen and oxygen atoms in total. The van der Waals surface area contributed by atoms with Crippen molar-refractivity contribution in [2.24, 2.45) is 0 Å². The largest absolute Gasteiger partial charge is 0.433 e. The van der Waals surface area contributed by atoms with E-state index in [2.05, 4.69) is 15.3 Å². The van der Waals surface area contributed by atoms with Crippen molar-refractivity contribution in [3.8, 4) is 11.6 Å². The molecule has 0 bridgehead atoms. The SMILES string of the molecule is CNc1ncnc(Oc2ccccc2CO)c1[N+](=O)[O-]. The second-order valence-corrected chi connectivity index (χ2v) is 3.75. The number of nitro groups is 1. The van der Waals surface area contributed by atoms with Crippen LogP contribution in [0.5, 0.6) is 11.6 Å². The Kier molecular flexibility index (Phi) is 4.06. The number of nitrogens with zero attached hydrogens (tertiary/aromatic N) is 3. The molecule has 0 spiro atoms. The fraction of sp³-hybridized carbons (Fsp3) is 0.167. The van der Waals surface area contributed by atoms with E-state index < -0.39 is 4.92 Å². The molecular formula is C12H12N4O4. The molecule has 0 aliphatic carbocycles. The van der Waals surface area contributed by atoms with E-state index in [1.165, 1.54) is 7.05 Å². The fourth-order valence-electron chi connectivity index (χ4n) is 1.62. The molecule has 8 heteroatoms. The van der Waals surface area contributed by atoms with Crippen LogP contribution in [0.25, 0.3) is 0 Å². The van der Waals surface area contributed by atoms with Crippen molar-refractivity contribution < 1.29 is 14.8 Å². The number of hydrogen-bond acceptors (Lipinski definition) is 7. The van der Waals surface area contributed by atoms with Crippen LogP contribution in [0, 0.1) is 10.1 Å². The summed E-state index contributed by atoms with van der Waals surface area (Å²) in [4.78, 5) is 18.0. The van der Waals surface area contributed by atoms with Crippen molar-refractivity contribution >= 4 is 11.5 Å². The Labute approximate surface area is 114 Å². The van der Waals surface area contributed by atoms with E-state index in [4.69, 9.17) is 4.74 Å². The normalized spacial score (nSPS) is 10.1. The molecule has 0 saturated heterocycles. The maximum absolute atomic E-state index is 11.1. The van der Waals surface area contributed by atoms with E-state index >= 15 is 0 Å². The second kappa shape index (κ2) is 5.93. The first-order valence-corrected chi connectivity index (χ1v) is 5.71. The van der Waals surface area contributed by atoms with Gasteiger partial charge in [0.05, 0.1) is 11.5 Å². The van der Waals surface area contributed by atoms with Crippen molar-refractivity contribution in [2.45, 2.75) is 6.61 Å². The van der Waals surface area contributed by atoms with Gasteiger partial charge in [-0.2, -0.15) is 4.98 Å². The van der Waals surface area contributed by atoms with Crippen LogP contribution in [-0.4, -0.2) is 27.0 Å². The third-order valence-corrected chi connectivity index (χ3v) is 2.56. The number of ether oxygens (including phenoxy) is 1. The van der Waals surface area contributed by atoms with E-state index in [0.717, 1.165) is 6.33 Å². The van der Waals surface area contributed by atoms with Crippen molar-refractivity contribution in [3.05, 3.63) is 46.3 Å². The first-order valence-electron chi connectivity index (χ1n) is 5.71. The van der Waals surface area contributed by atoms with Crippen LogP contribution in [0.15, 0.2) is 30.6 Å². The number of para-hydroxylation sites is 1. The van der Waals surface area contributed by atoms with E-state index in [9.17, 15) is 15.2 Å². The Morgan fingerprint density at radius 2 is 2.15 bits per heavy atom. The molecule has 0 atom stereocenters. The lowest BCUT2D eigenvalue weighted by Crippen LogP contribution is -2.03. The molecular weight excluding hydrogens is 264 g/mol. The number of benzene rings is 1. The van der Waals surface area contributed by atoms with Crippen LogP contribution in [0.4, 0.5) is 11.5 Å². The van der Waals surface area contributed by atoms with Crippen LogP contribution < -0.4 is 10.1 Å². The molecule has 0 aliphatic rings. The maximum Gasteiger partial charge on any atom is 0.373 e. The van der Waals surface area contributed by atoms with Gasteiger partial charge in [-0.15, -0.1) is 0 Å². The minimum Gasteiger partial charge on any atom is -0.433 e. The highest BCUT2D eigenvalue weighted by Crippen LogP contribution is 2.34. The fourth-order valence-corrected chi connectivity index (χ4v) is 1.62. The third kappa shape index (κ3) is 2.64. The predicted octanol–water partition coefficient (Wildman–Crippen LogP) is 1.71. The number of rotatable bonds is 5. The standard InChI is InChI=1S/C12H12N4O4/c1-13-11-10(16(18)19)12(15-7-14-11)20-9-5-3-2-4-8(9)6-17/h2-5,7,17H,6H2,1H3,(H,13,14,15). The average molecular weight is 276 g/mol. The third-order valence-electron chi connectivity index (χ3n) is 2.56. The zero-order chi connectivity index (χ0) is 14.5. The molecule has 2 rings (SSSR count). The molecule has 2 N–H and O–H groups in total. The average Bonchev–Trinajstić information content (AvgIpc) is 2.47. The summed E-state index contributed by atoms with van der Waals surface area (Å²) in [5.74, 6) is 0.176. The Bertz CT molecular complexity index is 633. The molecule has 0 amide bonds. The number of nitrogens with one attached hydrogen (secondary N) is 1. The van der Waals surface area contributed by atoms with Gasteiger partial charge < -0.3 is 15.2 Å². The van der Waals surface area contributed by atoms with Gasteiger partial charge in [-0.3, -0.25) is 10.1 Å². The molecule has 0 fully saturated rings. The van der Waals surface area contributed by atoms with E-state index in [0.29, 0.717) is 11.3 Å². The first-order chi connectivity index (χ1) is 9.67. The molecule has 0 aliphatic heterocycles. The van der Waals surface area contributed by atoms with Crippen LogP contribution >= 0.6 is 0 Å². The minimum absolute atomic E-state index is 0.0569. The van der Waals surface area contributed by atoms with E-state index in [1.54, 1.807) is 24.3 Å². The van der Waals surface area contributed by atoms with Gasteiger partial charge in [0.25, 0.3) is 0 Å². The van der Waals surface area contributed by atoms with Gasteiger partial charge >= 0.3 is 11.6 Å². The highest BCUT2D eigenvalue weighted by Gasteiger charge is 2.24. The summed E-state index contributed by atoms with van der Waals surface area (Å²) in [5.41, 5.74) is 0.147. The quantitative estimate of drug-likeness (QED) is 0.631. The van der Waals surface area contributed by atoms with Crippen LogP contribution in [0.2, 0.25) is 0 Å². The summed E-state index contributed by atoms with van der Waals surface area (Å²) < 4.78 is 5.44. The van der Waals surface area contributed by atoms with Gasteiger partial charge in [0.1, 0.15) is 12.1 Å². The lowest BCUT2D eigenvalue weighted by atomic mass is 10.2. The predicted molar refractivity (Wildman–Crippen MR) is 70.7 cm³/mol. The number of aliphatic hydroxyl groups excluding tert-OH is 1. The summed E-state index contributed by atoms with van der Waals surface area (Å²) in [5, 5.41) is 22.9. The molecule has 2 aromatic rings. The molecule has 0 unspecified atom stereocenters. The number of aromatic nitrogens is 2. The Morgan fingerprint density at radius 1 is 1.40 bits per heavy atom. The number of hydrogen-bond donors (Lipinski definition) is 2. The zero-order valence-corrected chi connectivity index (χ0v) is 10.6. The maximum atomic E-state index is 11.1. The summed E-state index contributed by atoms with van der Waals surface area (Å²) in [6, 6.07) is 6.67. The van der Waals surface area contributed by atoms with Gasteiger partial charge in [0.15, 0.2) is 0 Å². The first kappa shape index (κ1) is 13.7. The number of anilines is 1.